The van der Waals surface area contributed by atoms with Crippen molar-refractivity contribution in [3.05, 3.63) is 0 Å². The summed E-state index contributed by atoms with van der Waals surface area (Å²) in [5, 5.41) is 0. The van der Waals surface area contributed by atoms with Gasteiger partial charge in [0.1, 0.15) is 5.88 Å². The predicted molar refractivity (Wildman–Crippen MR) is 48.5 cm³/mol. The molecule has 0 aromatic rings. The van der Waals surface area contributed by atoms with Crippen molar-refractivity contribution in [2.75, 3.05) is 19.0 Å². The summed E-state index contributed by atoms with van der Waals surface area (Å²) in [7, 11) is 0. The van der Waals surface area contributed by atoms with Gasteiger partial charge in [-0.3, -0.25) is 4.79 Å². The van der Waals surface area contributed by atoms with Crippen LogP contribution in [0.2, 0.25) is 0 Å². The van der Waals surface area contributed by atoms with E-state index in [4.69, 9.17) is 11.6 Å². The van der Waals surface area contributed by atoms with E-state index in [2.05, 4.69) is 0 Å². The highest BCUT2D eigenvalue weighted by Crippen LogP contribution is 2.48. The Morgan fingerprint density at radius 3 is 2.79 bits per heavy atom. The highest BCUT2D eigenvalue weighted by molar-refractivity contribution is 6.27. The van der Waals surface area contributed by atoms with Gasteiger partial charge in [-0.05, 0) is 12.3 Å². The van der Waals surface area contributed by atoms with Crippen LogP contribution < -0.4 is 0 Å². The standard InChI is InChI=1S/C9H12ClF2NO/c10-3-8(14)13-4-6-1-2-9(11,12)7(6)5-13/h6-7H,1-5H2/t6-,7-/m0/s1. The van der Waals surface area contributed by atoms with Gasteiger partial charge in [-0.1, -0.05) is 0 Å². The number of likely N-dealkylation sites (tertiary alicyclic amines) is 1. The van der Waals surface area contributed by atoms with Crippen LogP contribution in [0, 0.1) is 11.8 Å². The number of halogens is 3. The number of carbonyl (C=O) groups excluding carboxylic acids is 1. The zero-order chi connectivity index (χ0) is 10.3. The summed E-state index contributed by atoms with van der Waals surface area (Å²) in [6.07, 6.45) is 0.509. The van der Waals surface area contributed by atoms with E-state index in [1.807, 2.05) is 0 Å². The van der Waals surface area contributed by atoms with Crippen LogP contribution in [-0.2, 0) is 4.79 Å². The van der Waals surface area contributed by atoms with Crippen molar-refractivity contribution in [2.45, 2.75) is 18.8 Å². The largest absolute Gasteiger partial charge is 0.341 e. The van der Waals surface area contributed by atoms with E-state index in [1.165, 1.54) is 4.90 Å². The maximum absolute atomic E-state index is 13.3. The lowest BCUT2D eigenvalue weighted by Crippen LogP contribution is -2.33. The molecule has 0 N–H and O–H groups in total. The molecular weight excluding hydrogens is 212 g/mol. The smallest absolute Gasteiger partial charge is 0.252 e. The molecule has 0 unspecified atom stereocenters. The molecule has 0 spiro atoms. The molecule has 1 saturated heterocycles. The first-order valence-electron chi connectivity index (χ1n) is 4.76. The van der Waals surface area contributed by atoms with E-state index >= 15 is 0 Å². The van der Waals surface area contributed by atoms with E-state index < -0.39 is 11.8 Å². The molecule has 0 radical (unpaired) electrons. The molecule has 0 aromatic carbocycles. The van der Waals surface area contributed by atoms with E-state index in [0.29, 0.717) is 13.0 Å². The fourth-order valence-electron chi connectivity index (χ4n) is 2.49. The number of carbonyl (C=O) groups is 1. The van der Waals surface area contributed by atoms with Gasteiger partial charge < -0.3 is 4.90 Å². The van der Waals surface area contributed by atoms with Gasteiger partial charge >= 0.3 is 0 Å². The fourth-order valence-corrected chi connectivity index (χ4v) is 2.66. The van der Waals surface area contributed by atoms with Gasteiger partial charge in [0.25, 0.3) is 5.92 Å². The normalized spacial score (nSPS) is 34.6. The zero-order valence-electron chi connectivity index (χ0n) is 7.68. The lowest BCUT2D eigenvalue weighted by molar-refractivity contribution is -0.128. The van der Waals surface area contributed by atoms with E-state index in [-0.39, 0.29) is 30.7 Å². The molecule has 14 heavy (non-hydrogen) atoms. The van der Waals surface area contributed by atoms with Crippen LogP contribution in [0.4, 0.5) is 8.78 Å². The van der Waals surface area contributed by atoms with Gasteiger partial charge in [-0.15, -0.1) is 11.6 Å². The third-order valence-electron chi connectivity index (χ3n) is 3.30. The molecule has 1 saturated carbocycles. The van der Waals surface area contributed by atoms with Crippen molar-refractivity contribution in [1.29, 1.82) is 0 Å². The molecule has 2 fully saturated rings. The molecule has 2 nitrogen and oxygen atoms in total. The third kappa shape index (κ3) is 1.49. The second-order valence-corrected chi connectivity index (χ2v) is 4.37. The molecular formula is C9H12ClF2NO. The van der Waals surface area contributed by atoms with E-state index in [0.717, 1.165) is 0 Å². The van der Waals surface area contributed by atoms with Crippen LogP contribution in [0.3, 0.4) is 0 Å². The number of hydrogen-bond donors (Lipinski definition) is 0. The molecule has 1 amide bonds. The first kappa shape index (κ1) is 10.1. The van der Waals surface area contributed by atoms with Crippen LogP contribution in [-0.4, -0.2) is 35.7 Å². The Morgan fingerprint density at radius 2 is 2.21 bits per heavy atom. The fraction of sp³-hybridized carbons (Fsp3) is 0.889. The zero-order valence-corrected chi connectivity index (χ0v) is 8.44. The average Bonchev–Trinajstić information content (AvgIpc) is 2.67. The Bertz CT molecular complexity index is 259. The van der Waals surface area contributed by atoms with Crippen LogP contribution >= 0.6 is 11.6 Å². The molecule has 80 valence electrons. The molecule has 2 atom stereocenters. The van der Waals surface area contributed by atoms with Gasteiger partial charge in [-0.2, -0.15) is 0 Å². The summed E-state index contributed by atoms with van der Waals surface area (Å²) >= 11 is 5.38. The highest BCUT2D eigenvalue weighted by Gasteiger charge is 2.54. The van der Waals surface area contributed by atoms with E-state index in [1.54, 1.807) is 0 Å². The maximum Gasteiger partial charge on any atom is 0.252 e. The lowest BCUT2D eigenvalue weighted by Gasteiger charge is -2.19. The number of alkyl halides is 3. The Balaban J connectivity index is 2.05. The Kier molecular flexibility index (Phi) is 2.41. The SMILES string of the molecule is O=C(CCl)N1C[C@@H]2CCC(F)(F)[C@H]2C1. The Labute approximate surface area is 86.2 Å². The van der Waals surface area contributed by atoms with Crippen molar-refractivity contribution in [3.63, 3.8) is 0 Å². The highest BCUT2D eigenvalue weighted by atomic mass is 35.5. The quantitative estimate of drug-likeness (QED) is 0.620. The average molecular weight is 224 g/mol. The van der Waals surface area contributed by atoms with E-state index in [9.17, 15) is 13.6 Å². The molecule has 1 heterocycles. The first-order chi connectivity index (χ1) is 6.54. The van der Waals surface area contributed by atoms with Crippen molar-refractivity contribution < 1.29 is 13.6 Å². The summed E-state index contributed by atoms with van der Waals surface area (Å²) in [4.78, 5) is 12.7. The monoisotopic (exact) mass is 223 g/mol. The van der Waals surface area contributed by atoms with Crippen molar-refractivity contribution >= 4 is 17.5 Å². The van der Waals surface area contributed by atoms with Gasteiger partial charge in [0, 0.05) is 25.4 Å². The van der Waals surface area contributed by atoms with Crippen molar-refractivity contribution in [3.8, 4) is 0 Å². The Morgan fingerprint density at radius 1 is 1.50 bits per heavy atom. The Hall–Kier alpha value is -0.380. The molecule has 1 aliphatic heterocycles. The molecule has 2 rings (SSSR count). The summed E-state index contributed by atoms with van der Waals surface area (Å²) in [5.41, 5.74) is 0. The lowest BCUT2D eigenvalue weighted by atomic mass is 9.99. The topological polar surface area (TPSA) is 20.3 Å². The molecule has 0 aromatic heterocycles. The van der Waals surface area contributed by atoms with Crippen LogP contribution in [0.1, 0.15) is 12.8 Å². The summed E-state index contributed by atoms with van der Waals surface area (Å²) in [6.45, 7) is 0.648. The second-order valence-electron chi connectivity index (χ2n) is 4.10. The third-order valence-corrected chi connectivity index (χ3v) is 3.53. The minimum atomic E-state index is -2.58. The minimum absolute atomic E-state index is 0.0165. The van der Waals surface area contributed by atoms with Crippen LogP contribution in [0.25, 0.3) is 0 Å². The summed E-state index contributed by atoms with van der Waals surface area (Å²) in [6, 6.07) is 0. The predicted octanol–water partition coefficient (Wildman–Crippen LogP) is 1.73. The molecule has 1 aliphatic carbocycles. The van der Waals surface area contributed by atoms with Gasteiger partial charge in [0.2, 0.25) is 5.91 Å². The number of amides is 1. The maximum atomic E-state index is 13.3. The van der Waals surface area contributed by atoms with Crippen molar-refractivity contribution in [1.82, 2.24) is 4.90 Å². The molecule has 5 heteroatoms. The van der Waals surface area contributed by atoms with Crippen molar-refractivity contribution in [2.24, 2.45) is 11.8 Å². The minimum Gasteiger partial charge on any atom is -0.341 e. The number of hydrogen-bond acceptors (Lipinski definition) is 1. The number of nitrogens with zero attached hydrogens (tertiary/aromatic N) is 1. The van der Waals surface area contributed by atoms with Gasteiger partial charge in [0.15, 0.2) is 0 Å². The van der Waals surface area contributed by atoms with Crippen LogP contribution in [0.15, 0.2) is 0 Å². The van der Waals surface area contributed by atoms with Gasteiger partial charge in [-0.25, -0.2) is 8.78 Å². The van der Waals surface area contributed by atoms with Gasteiger partial charge in [0.05, 0.1) is 0 Å². The second kappa shape index (κ2) is 3.33. The first-order valence-corrected chi connectivity index (χ1v) is 5.29. The van der Waals surface area contributed by atoms with Crippen LogP contribution in [0.5, 0.6) is 0 Å². The number of fused-ring (bicyclic) bond motifs is 1. The number of rotatable bonds is 1. The molecule has 0 bridgehead atoms. The molecule has 2 aliphatic rings. The summed E-state index contributed by atoms with van der Waals surface area (Å²) < 4.78 is 26.5. The summed E-state index contributed by atoms with van der Waals surface area (Å²) in [5.74, 6) is -3.56.